The van der Waals surface area contributed by atoms with Gasteiger partial charge in [-0.25, -0.2) is 0 Å². The van der Waals surface area contributed by atoms with Gasteiger partial charge in [-0.3, -0.25) is 0 Å². The molecule has 0 atom stereocenters. The average molecular weight is 1070 g/mol. The van der Waals surface area contributed by atoms with E-state index in [-0.39, 0.29) is 0 Å². The summed E-state index contributed by atoms with van der Waals surface area (Å²) in [4.78, 5) is 4.55. The van der Waals surface area contributed by atoms with Crippen molar-refractivity contribution < 1.29 is 10.0 Å². The largest absolute Gasteiger partial charge is 0.488 e. The van der Waals surface area contributed by atoms with E-state index < -0.39 is 7.12 Å². The van der Waals surface area contributed by atoms with Crippen molar-refractivity contribution in [3.63, 3.8) is 0 Å². The van der Waals surface area contributed by atoms with Gasteiger partial charge in [0, 0.05) is 43.1 Å². The van der Waals surface area contributed by atoms with Crippen molar-refractivity contribution in [1.29, 1.82) is 0 Å². The molecule has 12 aromatic rings. The summed E-state index contributed by atoms with van der Waals surface area (Å²) in [5.74, 6) is 0. The van der Waals surface area contributed by atoms with E-state index in [0.29, 0.717) is 5.46 Å². The van der Waals surface area contributed by atoms with Crippen LogP contribution in [-0.2, 0) is 0 Å². The Bertz CT molecular complexity index is 3560. The SMILES string of the molecule is Brc1ccc(N(c2ccccc2)c2ccc(Br)cc2)cc1.OB(O)c1ccc2ccccc2c1.c1ccc(N(c2ccc(-c3ccc4ccccc4c3)cc2)c2ccc(-c3ccc4ccccc4c3)cc2)cc1. The van der Waals surface area contributed by atoms with Gasteiger partial charge in [0.1, 0.15) is 0 Å². The van der Waals surface area contributed by atoms with E-state index in [0.717, 1.165) is 53.8 Å². The molecular weight excluding hydrogens is 1020 g/mol. The van der Waals surface area contributed by atoms with Crippen LogP contribution in [-0.4, -0.2) is 17.2 Å². The molecule has 0 fully saturated rings. The van der Waals surface area contributed by atoms with Crippen molar-refractivity contribution in [3.8, 4) is 22.3 Å². The summed E-state index contributed by atoms with van der Waals surface area (Å²) in [5.41, 5.74) is 12.2. The zero-order valence-corrected chi connectivity index (χ0v) is 42.9. The molecule has 0 heterocycles. The van der Waals surface area contributed by atoms with Crippen LogP contribution in [0.2, 0.25) is 0 Å². The summed E-state index contributed by atoms with van der Waals surface area (Å²) in [6.45, 7) is 0. The molecule has 352 valence electrons. The maximum atomic E-state index is 8.94. The smallest absolute Gasteiger partial charge is 0.423 e. The van der Waals surface area contributed by atoms with Crippen molar-refractivity contribution >= 4 is 111 Å². The van der Waals surface area contributed by atoms with E-state index >= 15 is 0 Å². The molecule has 0 bridgehead atoms. The maximum absolute atomic E-state index is 8.94. The molecule has 0 unspecified atom stereocenters. The zero-order chi connectivity index (χ0) is 49.9. The summed E-state index contributed by atoms with van der Waals surface area (Å²) in [6.07, 6.45) is 0. The first-order valence-corrected chi connectivity index (χ1v) is 25.7. The minimum Gasteiger partial charge on any atom is -0.423 e. The fourth-order valence-corrected chi connectivity index (χ4v) is 9.47. The molecule has 0 amide bonds. The predicted molar refractivity (Wildman–Crippen MR) is 317 cm³/mol. The van der Waals surface area contributed by atoms with Gasteiger partial charge in [0.2, 0.25) is 0 Å². The Balaban J connectivity index is 0.000000149. The minimum atomic E-state index is -1.38. The molecule has 12 rings (SSSR count). The van der Waals surface area contributed by atoms with Gasteiger partial charge in [0.15, 0.2) is 0 Å². The van der Waals surface area contributed by atoms with E-state index in [1.807, 2.05) is 36.4 Å². The summed E-state index contributed by atoms with van der Waals surface area (Å²) in [5, 5.41) is 25.1. The number of fused-ring (bicyclic) bond motifs is 3. The van der Waals surface area contributed by atoms with Crippen molar-refractivity contribution in [2.24, 2.45) is 0 Å². The number of hydrogen-bond donors (Lipinski definition) is 2. The van der Waals surface area contributed by atoms with Gasteiger partial charge in [-0.15, -0.1) is 0 Å². The second-order valence-corrected chi connectivity index (χ2v) is 19.3. The van der Waals surface area contributed by atoms with Gasteiger partial charge < -0.3 is 19.8 Å². The Hall–Kier alpha value is -8.04. The summed E-state index contributed by atoms with van der Waals surface area (Å²) >= 11 is 6.98. The van der Waals surface area contributed by atoms with Crippen LogP contribution in [0.1, 0.15) is 0 Å². The lowest BCUT2D eigenvalue weighted by Crippen LogP contribution is -2.29. The van der Waals surface area contributed by atoms with E-state index in [9.17, 15) is 0 Å². The van der Waals surface area contributed by atoms with Crippen molar-refractivity contribution in [1.82, 2.24) is 0 Å². The van der Waals surface area contributed by atoms with Crippen LogP contribution < -0.4 is 15.3 Å². The topological polar surface area (TPSA) is 46.9 Å². The van der Waals surface area contributed by atoms with Gasteiger partial charge in [0.25, 0.3) is 0 Å². The molecule has 0 saturated carbocycles. The summed E-state index contributed by atoms with van der Waals surface area (Å²) in [7, 11) is -1.38. The normalized spacial score (nSPS) is 10.7. The van der Waals surface area contributed by atoms with Gasteiger partial charge in [-0.2, -0.15) is 0 Å². The second kappa shape index (κ2) is 23.0. The van der Waals surface area contributed by atoms with E-state index in [2.05, 4.69) is 278 Å². The average Bonchev–Trinajstić information content (AvgIpc) is 3.45. The lowest BCUT2D eigenvalue weighted by Gasteiger charge is -2.26. The van der Waals surface area contributed by atoms with Gasteiger partial charge in [0.05, 0.1) is 0 Å². The van der Waals surface area contributed by atoms with Crippen LogP contribution in [0.15, 0.2) is 294 Å². The Kier molecular flexibility index (Phi) is 15.3. The minimum absolute atomic E-state index is 0.527. The van der Waals surface area contributed by atoms with Crippen LogP contribution in [0, 0.1) is 0 Å². The monoisotopic (exact) mass is 1070 g/mol. The number of anilines is 6. The quantitative estimate of drug-likeness (QED) is 0.141. The molecule has 7 heteroatoms. The van der Waals surface area contributed by atoms with Gasteiger partial charge in [-0.05, 0) is 169 Å². The number of benzene rings is 12. The molecule has 0 aliphatic heterocycles. The molecule has 0 saturated heterocycles. The van der Waals surface area contributed by atoms with Crippen LogP contribution in [0.3, 0.4) is 0 Å². The fraction of sp³-hybridized carbons (Fsp3) is 0. The first-order chi connectivity index (χ1) is 35.8. The molecule has 0 aromatic heterocycles. The molecular formula is C66H49BBr2N2O2. The summed E-state index contributed by atoms with van der Waals surface area (Å²) in [6, 6.07) is 98.9. The molecule has 0 radical (unpaired) electrons. The molecule has 2 N–H and O–H groups in total. The highest BCUT2D eigenvalue weighted by Gasteiger charge is 2.15. The highest BCUT2D eigenvalue weighted by Crippen LogP contribution is 2.38. The number of rotatable bonds is 9. The number of nitrogens with zero attached hydrogens (tertiary/aromatic N) is 2. The number of halogens is 2. The lowest BCUT2D eigenvalue weighted by atomic mass is 9.79. The maximum Gasteiger partial charge on any atom is 0.488 e. The number of para-hydroxylation sites is 2. The molecule has 0 aliphatic rings. The Morgan fingerprint density at radius 2 is 0.521 bits per heavy atom. The van der Waals surface area contributed by atoms with Gasteiger partial charge in [-0.1, -0.05) is 208 Å². The van der Waals surface area contributed by atoms with Crippen molar-refractivity contribution in [3.05, 3.63) is 294 Å². The third kappa shape index (κ3) is 11.9. The first-order valence-electron chi connectivity index (χ1n) is 24.1. The zero-order valence-electron chi connectivity index (χ0n) is 39.8. The van der Waals surface area contributed by atoms with Crippen molar-refractivity contribution in [2.75, 3.05) is 9.80 Å². The predicted octanol–water partition coefficient (Wildman–Crippen LogP) is 18.0. The summed E-state index contributed by atoms with van der Waals surface area (Å²) < 4.78 is 2.16. The van der Waals surface area contributed by atoms with E-state index in [1.54, 1.807) is 12.1 Å². The Morgan fingerprint density at radius 3 is 0.877 bits per heavy atom. The highest BCUT2D eigenvalue weighted by atomic mass is 79.9. The highest BCUT2D eigenvalue weighted by molar-refractivity contribution is 9.10. The standard InChI is InChI=1S/C38H27N.C18H13Br2N.C10H9BO2/c1-2-12-36(13-3-1)39(37-22-18-30(19-23-37)34-16-14-28-8-4-6-10-32(28)26-34)38-24-20-31(21-25-38)35-17-15-29-9-5-7-11-33(29)27-35;19-14-6-10-17(11-7-14)21(16-4-2-1-3-5-16)18-12-8-15(20)9-13-18;12-11(13)10-6-5-8-3-1-2-4-9(8)7-10/h1-27H;1-13H;1-7,12-13H. The second-order valence-electron chi connectivity index (χ2n) is 17.5. The molecule has 73 heavy (non-hydrogen) atoms. The molecule has 12 aromatic carbocycles. The van der Waals surface area contributed by atoms with E-state index in [4.69, 9.17) is 10.0 Å². The molecule has 0 spiro atoms. The van der Waals surface area contributed by atoms with Crippen LogP contribution in [0.25, 0.3) is 54.6 Å². The Labute approximate surface area is 444 Å². The van der Waals surface area contributed by atoms with E-state index in [1.165, 1.54) is 43.8 Å². The third-order valence-electron chi connectivity index (χ3n) is 12.7. The van der Waals surface area contributed by atoms with Gasteiger partial charge >= 0.3 is 7.12 Å². The first kappa shape index (κ1) is 48.6. The van der Waals surface area contributed by atoms with Crippen LogP contribution >= 0.6 is 31.9 Å². The Morgan fingerprint density at radius 1 is 0.247 bits per heavy atom. The fourth-order valence-electron chi connectivity index (χ4n) is 8.94. The van der Waals surface area contributed by atoms with Crippen molar-refractivity contribution in [2.45, 2.75) is 0 Å². The molecule has 4 nitrogen and oxygen atoms in total. The van der Waals surface area contributed by atoms with Crippen LogP contribution in [0.5, 0.6) is 0 Å². The molecule has 0 aliphatic carbocycles. The van der Waals surface area contributed by atoms with Crippen LogP contribution in [0.4, 0.5) is 34.1 Å². The third-order valence-corrected chi connectivity index (χ3v) is 13.7. The lowest BCUT2D eigenvalue weighted by molar-refractivity contribution is 0.426. The number of hydrogen-bond acceptors (Lipinski definition) is 4.